The summed E-state index contributed by atoms with van der Waals surface area (Å²) in [5.41, 5.74) is 21.5. The summed E-state index contributed by atoms with van der Waals surface area (Å²) in [6.07, 6.45) is 0. The van der Waals surface area contributed by atoms with Crippen LogP contribution in [0.3, 0.4) is 0 Å². The van der Waals surface area contributed by atoms with E-state index in [-0.39, 0.29) is 17.5 Å². The third-order valence-electron chi connectivity index (χ3n) is 5.83. The van der Waals surface area contributed by atoms with Crippen LogP contribution in [0.1, 0.15) is 34.2 Å². The van der Waals surface area contributed by atoms with Crippen LogP contribution in [0.4, 0.5) is 0 Å². The molecule has 3 heterocycles. The Bertz CT molecular complexity index is 1250. The second-order valence-electron chi connectivity index (χ2n) is 8.72. The highest BCUT2D eigenvalue weighted by Gasteiger charge is 2.10. The van der Waals surface area contributed by atoms with Gasteiger partial charge in [-0.05, 0) is 36.4 Å². The maximum absolute atomic E-state index is 5.85. The Hall–Kier alpha value is -4.86. The van der Waals surface area contributed by atoms with Gasteiger partial charge in [0.15, 0.2) is 17.5 Å². The third kappa shape index (κ3) is 9.16. The van der Waals surface area contributed by atoms with Gasteiger partial charge in [0.1, 0.15) is 17.1 Å². The highest BCUT2D eigenvalue weighted by atomic mass is 15.2. The molecule has 15 heteroatoms. The number of pyridine rings is 3. The molecule has 0 unspecified atom stereocenters. The molecule has 0 amide bonds. The lowest BCUT2D eigenvalue weighted by Crippen LogP contribution is -2.37. The van der Waals surface area contributed by atoms with Crippen LogP contribution >= 0.6 is 0 Å². The topological polar surface area (TPSA) is 259 Å². The molecule has 14 N–H and O–H groups in total. The SMILES string of the molecule is N/N=C(\N)c1cccc(CNCCN(CCNCc2cccc(/C(N)=N/N)n2)Cc2cccc(/C(N)=N/N)n2)n1. The van der Waals surface area contributed by atoms with E-state index in [1.165, 1.54) is 0 Å². The smallest absolute Gasteiger partial charge is 0.168 e. The van der Waals surface area contributed by atoms with E-state index >= 15 is 0 Å². The lowest BCUT2D eigenvalue weighted by molar-refractivity contribution is 0.261. The summed E-state index contributed by atoms with van der Waals surface area (Å²) in [6, 6.07) is 16.7. The summed E-state index contributed by atoms with van der Waals surface area (Å²) >= 11 is 0. The number of amidine groups is 3. The van der Waals surface area contributed by atoms with Crippen LogP contribution in [0, 0.1) is 0 Å². The van der Waals surface area contributed by atoms with Crippen molar-refractivity contribution >= 4 is 17.5 Å². The van der Waals surface area contributed by atoms with Gasteiger partial charge in [-0.3, -0.25) is 4.90 Å². The normalized spacial score (nSPS) is 12.7. The van der Waals surface area contributed by atoms with Crippen molar-refractivity contribution in [3.63, 3.8) is 0 Å². The van der Waals surface area contributed by atoms with Crippen molar-refractivity contribution in [3.05, 3.63) is 88.8 Å². The first-order valence-electron chi connectivity index (χ1n) is 12.6. The van der Waals surface area contributed by atoms with Gasteiger partial charge >= 0.3 is 0 Å². The number of aromatic nitrogens is 3. The Balaban J connectivity index is 1.58. The number of hydrogen-bond donors (Lipinski definition) is 8. The number of hydrazone groups is 3. The summed E-state index contributed by atoms with van der Waals surface area (Å²) in [7, 11) is 0. The first kappa shape index (κ1) is 29.7. The fourth-order valence-corrected chi connectivity index (χ4v) is 3.76. The van der Waals surface area contributed by atoms with Gasteiger partial charge in [-0.2, -0.15) is 15.3 Å². The summed E-state index contributed by atoms with van der Waals surface area (Å²) in [6.45, 7) is 4.64. The van der Waals surface area contributed by atoms with E-state index in [9.17, 15) is 0 Å². The van der Waals surface area contributed by atoms with Gasteiger partial charge in [-0.1, -0.05) is 18.2 Å². The average molecular weight is 548 g/mol. The van der Waals surface area contributed by atoms with Crippen molar-refractivity contribution in [1.29, 1.82) is 0 Å². The maximum atomic E-state index is 5.85. The van der Waals surface area contributed by atoms with Crippen LogP contribution in [0.5, 0.6) is 0 Å². The molecule has 0 aromatic carbocycles. The number of hydrogen-bond acceptors (Lipinski definition) is 12. The van der Waals surface area contributed by atoms with E-state index in [2.05, 4.69) is 45.8 Å². The predicted octanol–water partition coefficient (Wildman–Crippen LogP) is -2.01. The zero-order valence-electron chi connectivity index (χ0n) is 22.2. The molecule has 0 aliphatic carbocycles. The van der Waals surface area contributed by atoms with Crippen LogP contribution < -0.4 is 45.4 Å². The van der Waals surface area contributed by atoms with Crippen LogP contribution in [-0.2, 0) is 19.6 Å². The highest BCUT2D eigenvalue weighted by Crippen LogP contribution is 2.05. The van der Waals surface area contributed by atoms with Crippen LogP contribution in [0.25, 0.3) is 0 Å². The fourth-order valence-electron chi connectivity index (χ4n) is 3.76. The van der Waals surface area contributed by atoms with Crippen LogP contribution in [0.15, 0.2) is 69.9 Å². The van der Waals surface area contributed by atoms with Crippen molar-refractivity contribution in [3.8, 4) is 0 Å². The molecule has 15 nitrogen and oxygen atoms in total. The summed E-state index contributed by atoms with van der Waals surface area (Å²) in [4.78, 5) is 15.8. The molecule has 0 spiro atoms. The van der Waals surface area contributed by atoms with Gasteiger partial charge in [0.25, 0.3) is 0 Å². The molecule has 3 aromatic heterocycles. The molecule has 0 radical (unpaired) electrons. The molecule has 212 valence electrons. The molecule has 0 atom stereocenters. The molecule has 40 heavy (non-hydrogen) atoms. The number of nitrogens with zero attached hydrogens (tertiary/aromatic N) is 7. The number of nitrogens with two attached hydrogens (primary N) is 6. The molecule has 0 aliphatic rings. The van der Waals surface area contributed by atoms with Crippen molar-refractivity contribution in [2.24, 2.45) is 50.0 Å². The van der Waals surface area contributed by atoms with Crippen LogP contribution in [0.2, 0.25) is 0 Å². The van der Waals surface area contributed by atoms with Crippen LogP contribution in [-0.4, -0.2) is 63.5 Å². The summed E-state index contributed by atoms with van der Waals surface area (Å²) in [5, 5.41) is 17.4. The first-order valence-corrected chi connectivity index (χ1v) is 12.6. The Labute approximate surface area is 232 Å². The zero-order chi connectivity index (χ0) is 28.7. The standard InChI is InChI=1S/C25H37N15/c26-23(37-29)20-7-1-4-17(34-20)14-32-10-12-40(16-19-6-3-9-22(36-19)25(28)39-31)13-11-33-15-18-5-2-8-21(35-18)24(27)38-30/h1-9,32-33H,10-16,29-31H2,(H2,26,37)(H2,27,38)(H2,28,39). The number of rotatable bonds is 15. The fraction of sp³-hybridized carbons (Fsp3) is 0.280. The lowest BCUT2D eigenvalue weighted by atomic mass is 10.2. The van der Waals surface area contributed by atoms with Crippen molar-refractivity contribution < 1.29 is 0 Å². The summed E-state index contributed by atoms with van der Waals surface area (Å²) < 4.78 is 0. The van der Waals surface area contributed by atoms with Gasteiger partial charge in [-0.25, -0.2) is 15.0 Å². The molecule has 3 rings (SSSR count). The molecule has 0 saturated carbocycles. The molecular weight excluding hydrogens is 510 g/mol. The largest absolute Gasteiger partial charge is 0.380 e. The molecule has 0 fully saturated rings. The third-order valence-corrected chi connectivity index (χ3v) is 5.83. The Morgan fingerprint density at radius 1 is 0.600 bits per heavy atom. The molecule has 3 aromatic rings. The second kappa shape index (κ2) is 15.5. The molecule has 0 aliphatic heterocycles. The highest BCUT2D eigenvalue weighted by molar-refractivity contribution is 5.96. The van der Waals surface area contributed by atoms with E-state index in [0.717, 1.165) is 30.2 Å². The van der Waals surface area contributed by atoms with Crippen molar-refractivity contribution in [2.45, 2.75) is 19.6 Å². The monoisotopic (exact) mass is 547 g/mol. The Morgan fingerprint density at radius 3 is 1.38 bits per heavy atom. The molecular formula is C25H37N15. The van der Waals surface area contributed by atoms with Crippen molar-refractivity contribution in [1.82, 2.24) is 30.5 Å². The minimum Gasteiger partial charge on any atom is -0.380 e. The van der Waals surface area contributed by atoms with E-state index in [4.69, 9.17) is 34.7 Å². The zero-order valence-corrected chi connectivity index (χ0v) is 22.2. The van der Waals surface area contributed by atoms with Gasteiger partial charge in [0, 0.05) is 45.8 Å². The quantitative estimate of drug-likeness (QED) is 0.0337. The molecule has 0 saturated heterocycles. The van der Waals surface area contributed by atoms with E-state index in [1.54, 1.807) is 18.2 Å². The predicted molar refractivity (Wildman–Crippen MR) is 156 cm³/mol. The molecule has 0 bridgehead atoms. The summed E-state index contributed by atoms with van der Waals surface area (Å²) in [5.74, 6) is 16.4. The van der Waals surface area contributed by atoms with E-state index in [1.807, 2.05) is 36.4 Å². The first-order chi connectivity index (χ1) is 19.4. The average Bonchev–Trinajstić information content (AvgIpc) is 3.00. The lowest BCUT2D eigenvalue weighted by Gasteiger charge is -2.23. The maximum Gasteiger partial charge on any atom is 0.168 e. The van der Waals surface area contributed by atoms with Gasteiger partial charge < -0.3 is 45.4 Å². The minimum atomic E-state index is 0.182. The van der Waals surface area contributed by atoms with Crippen molar-refractivity contribution in [2.75, 3.05) is 26.2 Å². The van der Waals surface area contributed by atoms with E-state index < -0.39 is 0 Å². The Morgan fingerprint density at radius 2 is 0.975 bits per heavy atom. The van der Waals surface area contributed by atoms with E-state index in [0.29, 0.717) is 49.8 Å². The van der Waals surface area contributed by atoms with Gasteiger partial charge in [0.2, 0.25) is 0 Å². The Kier molecular flexibility index (Phi) is 11.5. The second-order valence-corrected chi connectivity index (χ2v) is 8.72. The van der Waals surface area contributed by atoms with Gasteiger partial charge in [0.05, 0.1) is 17.1 Å². The number of nitrogens with one attached hydrogen (secondary N) is 2. The minimum absolute atomic E-state index is 0.182. The van der Waals surface area contributed by atoms with Gasteiger partial charge in [-0.15, -0.1) is 0 Å².